The lowest BCUT2D eigenvalue weighted by Crippen LogP contribution is -2.13. The van der Waals surface area contributed by atoms with E-state index in [2.05, 4.69) is 0 Å². The number of aryl methyl sites for hydroxylation is 1. The third kappa shape index (κ3) is 3.73. The van der Waals surface area contributed by atoms with Crippen molar-refractivity contribution in [2.45, 2.75) is 20.3 Å². The number of para-hydroxylation sites is 1. The summed E-state index contributed by atoms with van der Waals surface area (Å²) in [4.78, 5) is 24.0. The lowest BCUT2D eigenvalue weighted by Gasteiger charge is -2.10. The van der Waals surface area contributed by atoms with Crippen LogP contribution < -0.4 is 4.74 Å². The zero-order chi connectivity index (χ0) is 15.9. The monoisotopic (exact) mass is 298 g/mol. The molecule has 4 heteroatoms. The standard InChI is InChI=1S/C18H18O4/c1-3-13-12-14(17(19)21-4-2)10-11-16(13)18(20)22-15-8-6-5-7-9-15/h5-12H,3-4H2,1-2H3. The van der Waals surface area contributed by atoms with E-state index in [0.717, 1.165) is 5.56 Å². The Hall–Kier alpha value is -2.62. The zero-order valence-electron chi connectivity index (χ0n) is 12.7. The van der Waals surface area contributed by atoms with Crippen LogP contribution in [0.25, 0.3) is 0 Å². The van der Waals surface area contributed by atoms with Gasteiger partial charge < -0.3 is 9.47 Å². The van der Waals surface area contributed by atoms with Crippen LogP contribution in [-0.4, -0.2) is 18.5 Å². The lowest BCUT2D eigenvalue weighted by molar-refractivity contribution is 0.0525. The Morgan fingerprint density at radius 3 is 2.32 bits per heavy atom. The molecule has 2 aromatic rings. The van der Waals surface area contributed by atoms with Gasteiger partial charge in [0.1, 0.15) is 5.75 Å². The molecule has 0 amide bonds. The fraction of sp³-hybridized carbons (Fsp3) is 0.222. The minimum absolute atomic E-state index is 0.318. The molecular weight excluding hydrogens is 280 g/mol. The Labute approximate surface area is 129 Å². The molecule has 0 aliphatic rings. The average molecular weight is 298 g/mol. The van der Waals surface area contributed by atoms with Crippen molar-refractivity contribution in [2.24, 2.45) is 0 Å². The van der Waals surface area contributed by atoms with Gasteiger partial charge in [-0.05, 0) is 49.2 Å². The van der Waals surface area contributed by atoms with Crippen molar-refractivity contribution in [2.75, 3.05) is 6.61 Å². The summed E-state index contributed by atoms with van der Waals surface area (Å²) in [5.74, 6) is -0.331. The third-order valence-electron chi connectivity index (χ3n) is 3.17. The predicted octanol–water partition coefficient (Wildman–Crippen LogP) is 3.64. The fourth-order valence-electron chi connectivity index (χ4n) is 2.08. The Morgan fingerprint density at radius 2 is 1.68 bits per heavy atom. The second-order valence-electron chi connectivity index (χ2n) is 4.65. The molecule has 0 aliphatic carbocycles. The van der Waals surface area contributed by atoms with Gasteiger partial charge in [-0.2, -0.15) is 0 Å². The molecule has 2 aromatic carbocycles. The first-order valence-electron chi connectivity index (χ1n) is 7.23. The van der Waals surface area contributed by atoms with Crippen molar-refractivity contribution < 1.29 is 19.1 Å². The number of esters is 2. The van der Waals surface area contributed by atoms with E-state index >= 15 is 0 Å². The predicted molar refractivity (Wildman–Crippen MR) is 83.2 cm³/mol. The van der Waals surface area contributed by atoms with Gasteiger partial charge in [-0.3, -0.25) is 0 Å². The van der Waals surface area contributed by atoms with E-state index < -0.39 is 5.97 Å². The van der Waals surface area contributed by atoms with Gasteiger partial charge in [0.2, 0.25) is 0 Å². The van der Waals surface area contributed by atoms with E-state index in [1.165, 1.54) is 0 Å². The number of ether oxygens (including phenoxy) is 2. The molecule has 2 rings (SSSR count). The Morgan fingerprint density at radius 1 is 0.955 bits per heavy atom. The molecular formula is C18H18O4. The van der Waals surface area contributed by atoms with Crippen LogP contribution in [0.3, 0.4) is 0 Å². The second-order valence-corrected chi connectivity index (χ2v) is 4.65. The van der Waals surface area contributed by atoms with Crippen LogP contribution in [0.15, 0.2) is 48.5 Å². The van der Waals surface area contributed by atoms with Crippen molar-refractivity contribution in [1.82, 2.24) is 0 Å². The number of carbonyl (C=O) groups is 2. The molecule has 0 N–H and O–H groups in total. The first kappa shape index (κ1) is 15.8. The number of benzene rings is 2. The summed E-state index contributed by atoms with van der Waals surface area (Å²) in [6.07, 6.45) is 0.618. The van der Waals surface area contributed by atoms with Gasteiger partial charge in [-0.15, -0.1) is 0 Å². The first-order chi connectivity index (χ1) is 10.7. The molecule has 0 bridgehead atoms. The molecule has 22 heavy (non-hydrogen) atoms. The molecule has 114 valence electrons. The fourth-order valence-corrected chi connectivity index (χ4v) is 2.08. The Kier molecular flexibility index (Phi) is 5.31. The quantitative estimate of drug-likeness (QED) is 0.624. The van der Waals surface area contributed by atoms with Crippen molar-refractivity contribution in [3.63, 3.8) is 0 Å². The van der Waals surface area contributed by atoms with Gasteiger partial charge in [-0.1, -0.05) is 25.1 Å². The van der Waals surface area contributed by atoms with E-state index in [1.54, 1.807) is 49.4 Å². The second kappa shape index (κ2) is 7.41. The van der Waals surface area contributed by atoms with Gasteiger partial charge >= 0.3 is 11.9 Å². The van der Waals surface area contributed by atoms with E-state index in [0.29, 0.717) is 29.9 Å². The molecule has 4 nitrogen and oxygen atoms in total. The molecule has 0 saturated carbocycles. The maximum absolute atomic E-state index is 12.3. The average Bonchev–Trinajstić information content (AvgIpc) is 2.55. The van der Waals surface area contributed by atoms with Gasteiger partial charge in [0.25, 0.3) is 0 Å². The molecule has 0 saturated heterocycles. The number of hydrogen-bond donors (Lipinski definition) is 0. The van der Waals surface area contributed by atoms with Crippen LogP contribution in [-0.2, 0) is 11.2 Å². The summed E-state index contributed by atoms with van der Waals surface area (Å²) >= 11 is 0. The van der Waals surface area contributed by atoms with Gasteiger partial charge in [0.15, 0.2) is 0 Å². The highest BCUT2D eigenvalue weighted by Crippen LogP contribution is 2.17. The van der Waals surface area contributed by atoms with Crippen molar-refractivity contribution in [3.05, 3.63) is 65.2 Å². The van der Waals surface area contributed by atoms with E-state index in [9.17, 15) is 9.59 Å². The maximum Gasteiger partial charge on any atom is 0.343 e. The lowest BCUT2D eigenvalue weighted by atomic mass is 10.0. The largest absolute Gasteiger partial charge is 0.462 e. The Bertz CT molecular complexity index is 662. The topological polar surface area (TPSA) is 52.6 Å². The van der Waals surface area contributed by atoms with Gasteiger partial charge in [0, 0.05) is 0 Å². The van der Waals surface area contributed by atoms with Crippen LogP contribution in [0.1, 0.15) is 40.1 Å². The van der Waals surface area contributed by atoms with Crippen molar-refractivity contribution >= 4 is 11.9 Å². The van der Waals surface area contributed by atoms with Crippen LogP contribution in [0.2, 0.25) is 0 Å². The minimum Gasteiger partial charge on any atom is -0.462 e. The van der Waals surface area contributed by atoms with Crippen molar-refractivity contribution in [1.29, 1.82) is 0 Å². The molecule has 0 radical (unpaired) electrons. The summed E-state index contributed by atoms with van der Waals surface area (Å²) in [6, 6.07) is 13.8. The van der Waals surface area contributed by atoms with Gasteiger partial charge in [0.05, 0.1) is 17.7 Å². The highest BCUT2D eigenvalue weighted by molar-refractivity contribution is 5.95. The van der Waals surface area contributed by atoms with E-state index in [1.807, 2.05) is 13.0 Å². The summed E-state index contributed by atoms with van der Waals surface area (Å²) in [6.45, 7) is 3.99. The minimum atomic E-state index is -0.432. The highest BCUT2D eigenvalue weighted by atomic mass is 16.5. The van der Waals surface area contributed by atoms with Crippen LogP contribution in [0.5, 0.6) is 5.75 Å². The summed E-state index contributed by atoms with van der Waals surface area (Å²) in [5.41, 5.74) is 1.65. The normalized spacial score (nSPS) is 10.1. The molecule has 0 fully saturated rings. The first-order valence-corrected chi connectivity index (χ1v) is 7.23. The smallest absolute Gasteiger partial charge is 0.343 e. The van der Waals surface area contributed by atoms with Crippen LogP contribution >= 0.6 is 0 Å². The SMILES string of the molecule is CCOC(=O)c1ccc(C(=O)Oc2ccccc2)c(CC)c1. The Balaban J connectivity index is 2.23. The third-order valence-corrected chi connectivity index (χ3v) is 3.17. The molecule has 0 atom stereocenters. The highest BCUT2D eigenvalue weighted by Gasteiger charge is 2.16. The molecule has 0 heterocycles. The number of carbonyl (C=O) groups excluding carboxylic acids is 2. The molecule has 0 spiro atoms. The number of hydrogen-bond acceptors (Lipinski definition) is 4. The van der Waals surface area contributed by atoms with Gasteiger partial charge in [-0.25, -0.2) is 9.59 Å². The van der Waals surface area contributed by atoms with E-state index in [4.69, 9.17) is 9.47 Å². The van der Waals surface area contributed by atoms with Crippen molar-refractivity contribution in [3.8, 4) is 5.75 Å². The van der Waals surface area contributed by atoms with E-state index in [-0.39, 0.29) is 5.97 Å². The summed E-state index contributed by atoms with van der Waals surface area (Å²) in [5, 5.41) is 0. The molecule has 0 unspecified atom stereocenters. The zero-order valence-corrected chi connectivity index (χ0v) is 12.7. The molecule has 0 aromatic heterocycles. The summed E-state index contributed by atoms with van der Waals surface area (Å²) < 4.78 is 10.3. The van der Waals surface area contributed by atoms with Crippen LogP contribution in [0.4, 0.5) is 0 Å². The number of rotatable bonds is 5. The van der Waals surface area contributed by atoms with Crippen LogP contribution in [0, 0.1) is 0 Å². The molecule has 0 aliphatic heterocycles. The maximum atomic E-state index is 12.3. The summed E-state index contributed by atoms with van der Waals surface area (Å²) in [7, 11) is 0.